The fourth-order valence-electron chi connectivity index (χ4n) is 3.85. The topological polar surface area (TPSA) is 71.9 Å². The van der Waals surface area contributed by atoms with E-state index in [0.29, 0.717) is 26.3 Å². The van der Waals surface area contributed by atoms with Crippen LogP contribution in [0.15, 0.2) is 40.8 Å². The number of benzene rings is 1. The minimum Gasteiger partial charge on any atom is -0.466 e. The van der Waals surface area contributed by atoms with E-state index in [2.05, 4.69) is 4.90 Å². The number of carbonyl (C=O) groups excluding carboxylic acids is 1. The molecule has 2 saturated heterocycles. The monoisotopic (exact) mass is 355 g/mol. The van der Waals surface area contributed by atoms with E-state index in [9.17, 15) is 4.79 Å². The normalized spacial score (nSPS) is 23.5. The van der Waals surface area contributed by atoms with Crippen LogP contribution in [0.3, 0.4) is 0 Å². The molecule has 0 bridgehead atoms. The second-order valence-corrected chi connectivity index (χ2v) is 7.05. The van der Waals surface area contributed by atoms with Crippen molar-refractivity contribution in [2.24, 2.45) is 5.73 Å². The number of morpholine rings is 1. The van der Waals surface area contributed by atoms with Gasteiger partial charge in [0.2, 0.25) is 0 Å². The molecule has 1 amide bonds. The summed E-state index contributed by atoms with van der Waals surface area (Å²) in [5.41, 5.74) is 8.04. The number of furan rings is 1. The lowest BCUT2D eigenvalue weighted by Crippen LogP contribution is -2.38. The Kier molecular flexibility index (Phi) is 4.70. The van der Waals surface area contributed by atoms with Crippen molar-refractivity contribution in [2.75, 3.05) is 44.3 Å². The van der Waals surface area contributed by atoms with Gasteiger partial charge in [0.25, 0.3) is 5.91 Å². The maximum atomic E-state index is 13.2. The van der Waals surface area contributed by atoms with Crippen molar-refractivity contribution in [3.05, 3.63) is 53.5 Å². The van der Waals surface area contributed by atoms with Gasteiger partial charge in [0.1, 0.15) is 11.5 Å². The van der Waals surface area contributed by atoms with E-state index in [1.807, 2.05) is 48.2 Å². The van der Waals surface area contributed by atoms with Crippen molar-refractivity contribution in [1.29, 1.82) is 0 Å². The maximum absolute atomic E-state index is 13.2. The van der Waals surface area contributed by atoms with Gasteiger partial charge in [-0.05, 0) is 31.2 Å². The van der Waals surface area contributed by atoms with Crippen LogP contribution in [-0.2, 0) is 4.74 Å². The Bertz CT molecular complexity index is 782. The van der Waals surface area contributed by atoms with Crippen LogP contribution < -0.4 is 10.6 Å². The molecule has 0 radical (unpaired) electrons. The van der Waals surface area contributed by atoms with Gasteiger partial charge in [0.15, 0.2) is 0 Å². The van der Waals surface area contributed by atoms with Crippen molar-refractivity contribution >= 4 is 11.6 Å². The molecule has 2 aliphatic heterocycles. The summed E-state index contributed by atoms with van der Waals surface area (Å²) in [5, 5.41) is 0. The van der Waals surface area contributed by atoms with Gasteiger partial charge in [-0.2, -0.15) is 0 Å². The van der Waals surface area contributed by atoms with Gasteiger partial charge in [-0.3, -0.25) is 4.79 Å². The number of nitrogens with two attached hydrogens (primary N) is 1. The number of anilines is 1. The number of hydrogen-bond acceptors (Lipinski definition) is 5. The molecular formula is C20H25N3O3. The largest absolute Gasteiger partial charge is 0.466 e. The second-order valence-electron chi connectivity index (χ2n) is 7.05. The van der Waals surface area contributed by atoms with E-state index in [0.717, 1.165) is 35.9 Å². The van der Waals surface area contributed by atoms with Gasteiger partial charge in [0.05, 0.1) is 24.7 Å². The van der Waals surface area contributed by atoms with Gasteiger partial charge in [0, 0.05) is 37.9 Å². The molecule has 2 fully saturated rings. The van der Waals surface area contributed by atoms with Crippen molar-refractivity contribution in [3.8, 4) is 0 Å². The van der Waals surface area contributed by atoms with Crippen LogP contribution >= 0.6 is 0 Å². The Hall–Kier alpha value is -2.31. The third-order valence-electron chi connectivity index (χ3n) is 5.27. The van der Waals surface area contributed by atoms with E-state index >= 15 is 0 Å². The molecule has 0 unspecified atom stereocenters. The van der Waals surface area contributed by atoms with E-state index < -0.39 is 0 Å². The molecule has 1 aromatic carbocycles. The highest BCUT2D eigenvalue weighted by Gasteiger charge is 2.36. The number of carbonyl (C=O) groups is 1. The van der Waals surface area contributed by atoms with Crippen LogP contribution in [0.2, 0.25) is 0 Å². The van der Waals surface area contributed by atoms with E-state index in [1.165, 1.54) is 0 Å². The number of rotatable bonds is 3. The van der Waals surface area contributed by atoms with Crippen LogP contribution in [-0.4, -0.2) is 56.2 Å². The SMILES string of the molecule is Cc1ccc([C@@H]2CN(C(=O)c3ccccc3N3CCOCC3)C[C@H]2N)o1. The molecule has 6 nitrogen and oxygen atoms in total. The quantitative estimate of drug-likeness (QED) is 0.912. The van der Waals surface area contributed by atoms with Crippen LogP contribution in [0.25, 0.3) is 0 Å². The van der Waals surface area contributed by atoms with Gasteiger partial charge < -0.3 is 24.7 Å². The summed E-state index contributed by atoms with van der Waals surface area (Å²) in [6.07, 6.45) is 0. The lowest BCUT2D eigenvalue weighted by atomic mass is 10.0. The van der Waals surface area contributed by atoms with Gasteiger partial charge in [-0.25, -0.2) is 0 Å². The van der Waals surface area contributed by atoms with Crippen molar-refractivity contribution in [3.63, 3.8) is 0 Å². The molecule has 2 aromatic rings. The average molecular weight is 355 g/mol. The Morgan fingerprint density at radius 2 is 1.88 bits per heavy atom. The first-order valence-corrected chi connectivity index (χ1v) is 9.16. The molecule has 26 heavy (non-hydrogen) atoms. The number of hydrogen-bond donors (Lipinski definition) is 1. The number of nitrogens with zero attached hydrogens (tertiary/aromatic N) is 2. The second kappa shape index (κ2) is 7.13. The van der Waals surface area contributed by atoms with Crippen LogP contribution in [0.4, 0.5) is 5.69 Å². The smallest absolute Gasteiger partial charge is 0.256 e. The summed E-state index contributed by atoms with van der Waals surface area (Å²) in [4.78, 5) is 17.3. The van der Waals surface area contributed by atoms with Gasteiger partial charge >= 0.3 is 0 Å². The molecule has 0 aliphatic carbocycles. The Labute approximate surface area is 153 Å². The Morgan fingerprint density at radius 3 is 2.62 bits per heavy atom. The van der Waals surface area contributed by atoms with Crippen molar-refractivity contribution < 1.29 is 13.9 Å². The lowest BCUT2D eigenvalue weighted by molar-refractivity contribution is 0.0788. The Balaban J connectivity index is 1.55. The molecule has 3 heterocycles. The minimum absolute atomic E-state index is 0.0355. The van der Waals surface area contributed by atoms with E-state index in [1.54, 1.807) is 0 Å². The van der Waals surface area contributed by atoms with Crippen LogP contribution in [0, 0.1) is 6.92 Å². The zero-order valence-corrected chi connectivity index (χ0v) is 15.1. The first-order valence-electron chi connectivity index (χ1n) is 9.16. The van der Waals surface area contributed by atoms with E-state index in [4.69, 9.17) is 14.9 Å². The molecule has 1 aromatic heterocycles. The zero-order valence-electron chi connectivity index (χ0n) is 15.1. The Morgan fingerprint density at radius 1 is 1.12 bits per heavy atom. The molecule has 138 valence electrons. The van der Waals surface area contributed by atoms with Gasteiger partial charge in [-0.15, -0.1) is 0 Å². The average Bonchev–Trinajstić information content (AvgIpc) is 3.27. The summed E-state index contributed by atoms with van der Waals surface area (Å²) in [6.45, 7) is 6.04. The first kappa shape index (κ1) is 17.1. The standard InChI is InChI=1S/C20H25N3O3/c1-14-6-7-19(26-14)16-12-23(13-17(16)21)20(24)15-4-2-3-5-18(15)22-8-10-25-11-9-22/h2-7,16-17H,8-13,21H2,1H3/t16-,17-/m1/s1. The number of ether oxygens (including phenoxy) is 1. The summed E-state index contributed by atoms with van der Waals surface area (Å²) < 4.78 is 11.2. The number of para-hydroxylation sites is 1. The van der Waals surface area contributed by atoms with Crippen LogP contribution in [0.5, 0.6) is 0 Å². The summed E-state index contributed by atoms with van der Waals surface area (Å²) >= 11 is 0. The van der Waals surface area contributed by atoms with Crippen molar-refractivity contribution in [2.45, 2.75) is 18.9 Å². The van der Waals surface area contributed by atoms with Gasteiger partial charge in [-0.1, -0.05) is 12.1 Å². The van der Waals surface area contributed by atoms with Crippen LogP contribution in [0.1, 0.15) is 27.8 Å². The highest BCUT2D eigenvalue weighted by atomic mass is 16.5. The molecule has 2 atom stereocenters. The number of aryl methyl sites for hydroxylation is 1. The molecular weight excluding hydrogens is 330 g/mol. The van der Waals surface area contributed by atoms with E-state index in [-0.39, 0.29) is 17.9 Å². The molecule has 0 spiro atoms. The predicted octanol–water partition coefficient (Wildman–Crippen LogP) is 1.99. The predicted molar refractivity (Wildman–Crippen MR) is 99.5 cm³/mol. The van der Waals surface area contributed by atoms with Crippen molar-refractivity contribution in [1.82, 2.24) is 4.90 Å². The molecule has 4 rings (SSSR count). The summed E-state index contributed by atoms with van der Waals surface area (Å²) in [5.74, 6) is 1.82. The third kappa shape index (κ3) is 3.22. The third-order valence-corrected chi connectivity index (χ3v) is 5.27. The molecule has 2 N–H and O–H groups in total. The summed E-state index contributed by atoms with van der Waals surface area (Å²) in [6, 6.07) is 11.6. The zero-order chi connectivity index (χ0) is 18.1. The summed E-state index contributed by atoms with van der Waals surface area (Å²) in [7, 11) is 0. The molecule has 2 aliphatic rings. The minimum atomic E-state index is -0.111. The maximum Gasteiger partial charge on any atom is 0.256 e. The molecule has 0 saturated carbocycles. The number of amides is 1. The highest BCUT2D eigenvalue weighted by Crippen LogP contribution is 2.30. The molecule has 6 heteroatoms. The highest BCUT2D eigenvalue weighted by molar-refractivity contribution is 6.00. The lowest BCUT2D eigenvalue weighted by Gasteiger charge is -2.31. The fourth-order valence-corrected chi connectivity index (χ4v) is 3.85. The first-order chi connectivity index (χ1) is 12.6. The number of likely N-dealkylation sites (tertiary alicyclic amines) is 1. The fraction of sp³-hybridized carbons (Fsp3) is 0.450.